The summed E-state index contributed by atoms with van der Waals surface area (Å²) < 4.78 is 0. The molecule has 0 saturated carbocycles. The minimum absolute atomic E-state index is 0.212. The summed E-state index contributed by atoms with van der Waals surface area (Å²) >= 11 is 5.90. The molecule has 1 heterocycles. The van der Waals surface area contributed by atoms with Crippen LogP contribution in [0.15, 0.2) is 42.6 Å². The molecule has 0 aliphatic rings. The minimum atomic E-state index is 0.212. The first-order valence-electron chi connectivity index (χ1n) is 7.24. The zero-order valence-corrected chi connectivity index (χ0v) is 13.3. The molecule has 0 fully saturated rings. The molecule has 2 N–H and O–H groups in total. The van der Waals surface area contributed by atoms with Gasteiger partial charge in [-0.15, -0.1) is 0 Å². The Labute approximate surface area is 131 Å². The van der Waals surface area contributed by atoms with Crippen molar-refractivity contribution >= 4 is 17.4 Å². The average Bonchev–Trinajstić information content (AvgIpc) is 2.50. The molecule has 0 radical (unpaired) electrons. The molecule has 0 amide bonds. The van der Waals surface area contributed by atoms with Crippen LogP contribution in [0.5, 0.6) is 0 Å². The lowest BCUT2D eigenvalue weighted by molar-refractivity contribution is 0.645. The van der Waals surface area contributed by atoms with Gasteiger partial charge >= 0.3 is 0 Å². The Kier molecular flexibility index (Phi) is 5.59. The summed E-state index contributed by atoms with van der Waals surface area (Å²) in [5, 5.41) is 0.760. The Bertz CT molecular complexity index is 551. The Morgan fingerprint density at radius 1 is 1.14 bits per heavy atom. The second kappa shape index (κ2) is 7.43. The molecule has 0 spiro atoms. The van der Waals surface area contributed by atoms with E-state index in [0.29, 0.717) is 0 Å². The van der Waals surface area contributed by atoms with E-state index in [4.69, 9.17) is 17.3 Å². The van der Waals surface area contributed by atoms with Gasteiger partial charge in [0.25, 0.3) is 0 Å². The van der Waals surface area contributed by atoms with Gasteiger partial charge in [-0.05, 0) is 42.2 Å². The Balaban J connectivity index is 1.99. The van der Waals surface area contributed by atoms with Gasteiger partial charge in [-0.2, -0.15) is 0 Å². The predicted octanol–water partition coefficient (Wildman–Crippen LogP) is 3.65. The summed E-state index contributed by atoms with van der Waals surface area (Å²) in [6.45, 7) is 2.91. The van der Waals surface area contributed by atoms with Crippen molar-refractivity contribution in [3.63, 3.8) is 0 Å². The number of nitrogens with two attached hydrogens (primary N) is 1. The van der Waals surface area contributed by atoms with Crippen molar-refractivity contribution in [2.75, 3.05) is 11.9 Å². The summed E-state index contributed by atoms with van der Waals surface area (Å²) in [7, 11) is 2.04. The lowest BCUT2D eigenvalue weighted by atomic mass is 10.1. The third-order valence-electron chi connectivity index (χ3n) is 3.56. The van der Waals surface area contributed by atoms with E-state index in [1.165, 1.54) is 11.1 Å². The van der Waals surface area contributed by atoms with Gasteiger partial charge in [-0.1, -0.05) is 36.7 Å². The number of benzene rings is 1. The number of hydrogen-bond acceptors (Lipinski definition) is 3. The molecule has 0 aliphatic heterocycles. The summed E-state index contributed by atoms with van der Waals surface area (Å²) in [6, 6.07) is 12.3. The van der Waals surface area contributed by atoms with Crippen molar-refractivity contribution in [2.24, 2.45) is 5.73 Å². The van der Waals surface area contributed by atoms with Gasteiger partial charge in [0.05, 0.1) is 0 Å². The second-order valence-electron chi connectivity index (χ2n) is 5.38. The highest BCUT2D eigenvalue weighted by atomic mass is 35.5. The van der Waals surface area contributed by atoms with Crippen molar-refractivity contribution in [1.29, 1.82) is 0 Å². The van der Waals surface area contributed by atoms with Crippen LogP contribution in [0.25, 0.3) is 0 Å². The highest BCUT2D eigenvalue weighted by molar-refractivity contribution is 6.30. The first kappa shape index (κ1) is 15.8. The van der Waals surface area contributed by atoms with Crippen LogP contribution in [0.3, 0.4) is 0 Å². The van der Waals surface area contributed by atoms with Crippen molar-refractivity contribution in [1.82, 2.24) is 4.98 Å². The molecule has 0 aliphatic carbocycles. The number of aromatic nitrogens is 1. The monoisotopic (exact) mass is 303 g/mol. The van der Waals surface area contributed by atoms with E-state index in [-0.39, 0.29) is 6.04 Å². The topological polar surface area (TPSA) is 42.1 Å². The minimum Gasteiger partial charge on any atom is -0.355 e. The zero-order chi connectivity index (χ0) is 15.2. The van der Waals surface area contributed by atoms with E-state index < -0.39 is 0 Å². The fourth-order valence-corrected chi connectivity index (χ4v) is 2.28. The average molecular weight is 304 g/mol. The highest BCUT2D eigenvalue weighted by Gasteiger charge is 2.06. The molecule has 4 heteroatoms. The van der Waals surface area contributed by atoms with Crippen molar-refractivity contribution in [2.45, 2.75) is 32.4 Å². The van der Waals surface area contributed by atoms with E-state index in [1.807, 2.05) is 43.6 Å². The second-order valence-corrected chi connectivity index (χ2v) is 5.82. The Hall–Kier alpha value is -1.58. The SMILES string of the molecule is CCC(N)Cc1ccc(N(C)Cc2ccc(Cl)cc2)nc1. The van der Waals surface area contributed by atoms with Gasteiger partial charge in [-0.3, -0.25) is 0 Å². The molecule has 2 aromatic rings. The third kappa shape index (κ3) is 4.73. The van der Waals surface area contributed by atoms with Gasteiger partial charge in [0, 0.05) is 30.9 Å². The lowest BCUT2D eigenvalue weighted by Gasteiger charge is -2.19. The largest absolute Gasteiger partial charge is 0.355 e. The van der Waals surface area contributed by atoms with Crippen LogP contribution in [-0.2, 0) is 13.0 Å². The van der Waals surface area contributed by atoms with E-state index in [9.17, 15) is 0 Å². The Morgan fingerprint density at radius 3 is 2.38 bits per heavy atom. The number of anilines is 1. The highest BCUT2D eigenvalue weighted by Crippen LogP contribution is 2.16. The van der Waals surface area contributed by atoms with Crippen molar-refractivity contribution in [3.8, 4) is 0 Å². The summed E-state index contributed by atoms with van der Waals surface area (Å²) in [5.41, 5.74) is 8.37. The maximum Gasteiger partial charge on any atom is 0.128 e. The third-order valence-corrected chi connectivity index (χ3v) is 3.81. The normalized spacial score (nSPS) is 12.2. The number of rotatable bonds is 6. The first-order valence-corrected chi connectivity index (χ1v) is 7.62. The van der Waals surface area contributed by atoms with Gasteiger partial charge in [0.15, 0.2) is 0 Å². The van der Waals surface area contributed by atoms with Crippen LogP contribution in [-0.4, -0.2) is 18.1 Å². The molecule has 112 valence electrons. The molecule has 1 aromatic carbocycles. The van der Waals surface area contributed by atoms with E-state index in [0.717, 1.165) is 30.2 Å². The Morgan fingerprint density at radius 2 is 1.81 bits per heavy atom. The maximum atomic E-state index is 5.97. The fraction of sp³-hybridized carbons (Fsp3) is 0.353. The van der Waals surface area contributed by atoms with Crippen LogP contribution in [0, 0.1) is 0 Å². The summed E-state index contributed by atoms with van der Waals surface area (Å²) in [4.78, 5) is 6.64. The number of halogens is 1. The molecule has 2 rings (SSSR count). The predicted molar refractivity (Wildman–Crippen MR) is 89.8 cm³/mol. The van der Waals surface area contributed by atoms with Crippen LogP contribution in [0.1, 0.15) is 24.5 Å². The van der Waals surface area contributed by atoms with Crippen LogP contribution in [0.2, 0.25) is 5.02 Å². The quantitative estimate of drug-likeness (QED) is 0.885. The maximum absolute atomic E-state index is 5.97. The zero-order valence-electron chi connectivity index (χ0n) is 12.6. The van der Waals surface area contributed by atoms with Crippen molar-refractivity contribution < 1.29 is 0 Å². The number of nitrogens with zero attached hydrogens (tertiary/aromatic N) is 2. The molecular weight excluding hydrogens is 282 g/mol. The van der Waals surface area contributed by atoms with E-state index in [2.05, 4.69) is 22.9 Å². The molecule has 1 atom stereocenters. The molecule has 0 saturated heterocycles. The number of hydrogen-bond donors (Lipinski definition) is 1. The van der Waals surface area contributed by atoms with Gasteiger partial charge in [0.1, 0.15) is 5.82 Å². The lowest BCUT2D eigenvalue weighted by Crippen LogP contribution is -2.22. The first-order chi connectivity index (χ1) is 10.1. The van der Waals surface area contributed by atoms with Crippen molar-refractivity contribution in [3.05, 3.63) is 58.7 Å². The smallest absolute Gasteiger partial charge is 0.128 e. The van der Waals surface area contributed by atoms with Gasteiger partial charge < -0.3 is 10.6 Å². The summed E-state index contributed by atoms with van der Waals surface area (Å²) in [6.07, 6.45) is 3.78. The molecule has 1 unspecified atom stereocenters. The van der Waals surface area contributed by atoms with Crippen LogP contribution in [0.4, 0.5) is 5.82 Å². The molecule has 0 bridgehead atoms. The van der Waals surface area contributed by atoms with Crippen LogP contribution < -0.4 is 10.6 Å². The summed E-state index contributed by atoms with van der Waals surface area (Å²) in [5.74, 6) is 0.957. The van der Waals surface area contributed by atoms with E-state index >= 15 is 0 Å². The molecule has 21 heavy (non-hydrogen) atoms. The van der Waals surface area contributed by atoms with Crippen LogP contribution >= 0.6 is 11.6 Å². The number of pyridine rings is 1. The standard InChI is InChI=1S/C17H22ClN3/c1-3-16(19)10-14-6-9-17(20-11-14)21(2)12-13-4-7-15(18)8-5-13/h4-9,11,16H,3,10,12,19H2,1-2H3. The van der Waals surface area contributed by atoms with Gasteiger partial charge in [0.2, 0.25) is 0 Å². The van der Waals surface area contributed by atoms with Gasteiger partial charge in [-0.25, -0.2) is 4.98 Å². The molecular formula is C17H22ClN3. The molecule has 1 aromatic heterocycles. The fourth-order valence-electron chi connectivity index (χ4n) is 2.15. The molecule has 3 nitrogen and oxygen atoms in total. The van der Waals surface area contributed by atoms with E-state index in [1.54, 1.807) is 0 Å².